The highest BCUT2D eigenvalue weighted by molar-refractivity contribution is 5.80. The Morgan fingerprint density at radius 1 is 1.40 bits per heavy atom. The van der Waals surface area contributed by atoms with Gasteiger partial charge in [0.15, 0.2) is 0 Å². The predicted molar refractivity (Wildman–Crippen MR) is 57.8 cm³/mol. The number of benzene rings is 1. The lowest BCUT2D eigenvalue weighted by molar-refractivity contribution is -0.119. The molecular weight excluding hydrogens is 190 g/mol. The van der Waals surface area contributed by atoms with Gasteiger partial charge < -0.3 is 5.73 Å². The van der Waals surface area contributed by atoms with E-state index in [4.69, 9.17) is 5.73 Å². The number of amides is 1. The van der Waals surface area contributed by atoms with Crippen LogP contribution in [0.25, 0.3) is 0 Å². The summed E-state index contributed by atoms with van der Waals surface area (Å²) in [5.74, 6) is -0.307. The van der Waals surface area contributed by atoms with Crippen LogP contribution in [0.15, 0.2) is 24.3 Å². The van der Waals surface area contributed by atoms with Gasteiger partial charge in [-0.05, 0) is 24.5 Å². The normalized spacial score (nSPS) is 25.4. The zero-order valence-corrected chi connectivity index (χ0v) is 8.66. The van der Waals surface area contributed by atoms with Gasteiger partial charge in [0, 0.05) is 6.04 Å². The molecule has 0 aliphatic carbocycles. The van der Waals surface area contributed by atoms with E-state index in [9.17, 15) is 4.79 Å². The molecule has 4 N–H and O–H groups in total. The van der Waals surface area contributed by atoms with Gasteiger partial charge in [-0.3, -0.25) is 4.79 Å². The van der Waals surface area contributed by atoms with E-state index in [2.05, 4.69) is 29.9 Å². The molecule has 2 atom stereocenters. The second-order valence-corrected chi connectivity index (χ2v) is 3.89. The number of primary amides is 1. The third-order valence-electron chi connectivity index (χ3n) is 2.81. The molecule has 1 saturated heterocycles. The Balaban J connectivity index is 2.14. The summed E-state index contributed by atoms with van der Waals surface area (Å²) >= 11 is 0. The van der Waals surface area contributed by atoms with Crippen molar-refractivity contribution in [1.82, 2.24) is 10.9 Å². The largest absolute Gasteiger partial charge is 0.368 e. The van der Waals surface area contributed by atoms with E-state index in [1.165, 1.54) is 11.1 Å². The van der Waals surface area contributed by atoms with Crippen molar-refractivity contribution in [2.45, 2.75) is 25.4 Å². The molecule has 1 fully saturated rings. The molecular formula is C11H15N3O. The van der Waals surface area contributed by atoms with Gasteiger partial charge in [0.1, 0.15) is 6.04 Å². The minimum atomic E-state index is -0.307. The quantitative estimate of drug-likeness (QED) is 0.654. The molecule has 15 heavy (non-hydrogen) atoms. The van der Waals surface area contributed by atoms with E-state index in [-0.39, 0.29) is 18.0 Å². The lowest BCUT2D eigenvalue weighted by atomic mass is 9.98. The van der Waals surface area contributed by atoms with Crippen molar-refractivity contribution in [2.75, 3.05) is 0 Å². The Kier molecular flexibility index (Phi) is 2.70. The molecule has 2 unspecified atom stereocenters. The second kappa shape index (κ2) is 4.00. The number of hydrogen-bond donors (Lipinski definition) is 3. The zero-order chi connectivity index (χ0) is 10.8. The zero-order valence-electron chi connectivity index (χ0n) is 8.66. The van der Waals surface area contributed by atoms with E-state index in [0.29, 0.717) is 6.42 Å². The highest BCUT2D eigenvalue weighted by Crippen LogP contribution is 2.24. The number of nitrogens with two attached hydrogens (primary N) is 1. The fraction of sp³-hybridized carbons (Fsp3) is 0.364. The summed E-state index contributed by atoms with van der Waals surface area (Å²) in [5, 5.41) is 0. The Morgan fingerprint density at radius 2 is 2.13 bits per heavy atom. The van der Waals surface area contributed by atoms with Gasteiger partial charge in [-0.25, -0.2) is 10.9 Å². The van der Waals surface area contributed by atoms with Crippen LogP contribution in [-0.4, -0.2) is 11.9 Å². The average molecular weight is 205 g/mol. The monoisotopic (exact) mass is 205 g/mol. The number of nitrogens with one attached hydrogen (secondary N) is 2. The Morgan fingerprint density at radius 3 is 2.73 bits per heavy atom. The van der Waals surface area contributed by atoms with Gasteiger partial charge >= 0.3 is 0 Å². The average Bonchev–Trinajstić information content (AvgIpc) is 2.67. The molecule has 0 aromatic heterocycles. The number of hydrogen-bond acceptors (Lipinski definition) is 3. The first-order chi connectivity index (χ1) is 7.18. The Bertz CT molecular complexity index is 378. The van der Waals surface area contributed by atoms with Crippen LogP contribution >= 0.6 is 0 Å². The first-order valence-electron chi connectivity index (χ1n) is 5.04. The first-order valence-corrected chi connectivity index (χ1v) is 5.04. The smallest absolute Gasteiger partial charge is 0.235 e. The summed E-state index contributed by atoms with van der Waals surface area (Å²) < 4.78 is 0. The SMILES string of the molecule is Cc1ccccc1C1CC(C(N)=O)NN1. The summed E-state index contributed by atoms with van der Waals surface area (Å²) in [7, 11) is 0. The first kappa shape index (κ1) is 10.1. The second-order valence-electron chi connectivity index (χ2n) is 3.89. The molecule has 1 aliphatic rings. The van der Waals surface area contributed by atoms with Crippen LogP contribution in [0.5, 0.6) is 0 Å². The van der Waals surface area contributed by atoms with Gasteiger partial charge in [-0.2, -0.15) is 0 Å². The summed E-state index contributed by atoms with van der Waals surface area (Å²) in [6.07, 6.45) is 0.709. The number of carbonyl (C=O) groups excluding carboxylic acids is 1. The van der Waals surface area contributed by atoms with Crippen molar-refractivity contribution in [3.05, 3.63) is 35.4 Å². The van der Waals surface area contributed by atoms with Crippen molar-refractivity contribution >= 4 is 5.91 Å². The third-order valence-corrected chi connectivity index (χ3v) is 2.81. The Labute approximate surface area is 88.8 Å². The fourth-order valence-electron chi connectivity index (χ4n) is 1.92. The van der Waals surface area contributed by atoms with Crippen LogP contribution in [0.3, 0.4) is 0 Å². The van der Waals surface area contributed by atoms with E-state index in [0.717, 1.165) is 0 Å². The molecule has 0 bridgehead atoms. The number of rotatable bonds is 2. The van der Waals surface area contributed by atoms with Gasteiger partial charge in [0.25, 0.3) is 0 Å². The summed E-state index contributed by atoms with van der Waals surface area (Å²) in [5.41, 5.74) is 13.7. The molecule has 80 valence electrons. The predicted octanol–water partition coefficient (Wildman–Crippen LogP) is 0.388. The lowest BCUT2D eigenvalue weighted by Gasteiger charge is -2.12. The van der Waals surface area contributed by atoms with Crippen LogP contribution in [0.1, 0.15) is 23.6 Å². The highest BCUT2D eigenvalue weighted by atomic mass is 16.1. The molecule has 1 aromatic rings. The minimum Gasteiger partial charge on any atom is -0.368 e. The summed E-state index contributed by atoms with van der Waals surface area (Å²) in [4.78, 5) is 11.0. The number of aryl methyl sites for hydroxylation is 1. The molecule has 0 spiro atoms. The third kappa shape index (κ3) is 2.00. The molecule has 1 amide bonds. The minimum absolute atomic E-state index is 0.170. The highest BCUT2D eigenvalue weighted by Gasteiger charge is 2.28. The van der Waals surface area contributed by atoms with Gasteiger partial charge in [-0.15, -0.1) is 0 Å². The Hall–Kier alpha value is -1.39. The van der Waals surface area contributed by atoms with Crippen molar-refractivity contribution < 1.29 is 4.79 Å². The molecule has 0 saturated carbocycles. The van der Waals surface area contributed by atoms with Crippen LogP contribution < -0.4 is 16.6 Å². The molecule has 1 aromatic carbocycles. The van der Waals surface area contributed by atoms with Gasteiger partial charge in [-0.1, -0.05) is 24.3 Å². The fourth-order valence-corrected chi connectivity index (χ4v) is 1.92. The van der Waals surface area contributed by atoms with Gasteiger partial charge in [0.05, 0.1) is 0 Å². The summed E-state index contributed by atoms with van der Waals surface area (Å²) in [6, 6.07) is 8.04. The van der Waals surface area contributed by atoms with E-state index < -0.39 is 0 Å². The van der Waals surface area contributed by atoms with Crippen molar-refractivity contribution in [1.29, 1.82) is 0 Å². The van der Waals surface area contributed by atoms with Crippen LogP contribution in [0.2, 0.25) is 0 Å². The molecule has 1 heterocycles. The van der Waals surface area contributed by atoms with Crippen molar-refractivity contribution in [2.24, 2.45) is 5.73 Å². The number of hydrazine groups is 1. The lowest BCUT2D eigenvalue weighted by Crippen LogP contribution is -2.40. The molecule has 0 radical (unpaired) electrons. The molecule has 4 nitrogen and oxygen atoms in total. The van der Waals surface area contributed by atoms with Crippen LogP contribution in [0, 0.1) is 6.92 Å². The molecule has 1 aliphatic heterocycles. The van der Waals surface area contributed by atoms with E-state index in [1.807, 2.05) is 12.1 Å². The molecule has 2 rings (SSSR count). The maximum absolute atomic E-state index is 11.0. The van der Waals surface area contributed by atoms with E-state index >= 15 is 0 Å². The van der Waals surface area contributed by atoms with Crippen LogP contribution in [0.4, 0.5) is 0 Å². The van der Waals surface area contributed by atoms with Crippen molar-refractivity contribution in [3.8, 4) is 0 Å². The topological polar surface area (TPSA) is 67.2 Å². The maximum Gasteiger partial charge on any atom is 0.235 e. The molecule has 4 heteroatoms. The summed E-state index contributed by atoms with van der Waals surface area (Å²) in [6.45, 7) is 2.06. The van der Waals surface area contributed by atoms with Crippen molar-refractivity contribution in [3.63, 3.8) is 0 Å². The van der Waals surface area contributed by atoms with Crippen LogP contribution in [-0.2, 0) is 4.79 Å². The maximum atomic E-state index is 11.0. The number of carbonyl (C=O) groups is 1. The standard InChI is InChI=1S/C11H15N3O/c1-7-4-2-3-5-8(7)9-6-10(11(12)15)14-13-9/h2-5,9-10,13-14H,6H2,1H3,(H2,12,15). The van der Waals surface area contributed by atoms with E-state index in [1.54, 1.807) is 0 Å². The van der Waals surface area contributed by atoms with Gasteiger partial charge in [0.2, 0.25) is 5.91 Å².